The average molecular weight is 1670 g/mol. The van der Waals surface area contributed by atoms with Crippen molar-refractivity contribution in [2.45, 2.75) is 285 Å². The maximum absolute atomic E-state index is 13.0. The van der Waals surface area contributed by atoms with Gasteiger partial charge in [0.25, 0.3) is 0 Å². The molecule has 2 saturated heterocycles. The molecular weight excluding hydrogens is 1550 g/mol. The fourth-order valence-corrected chi connectivity index (χ4v) is 15.2. The molecule has 6 heterocycles. The number of carbonyl (C=O) groups excluding carboxylic acids is 5. The van der Waals surface area contributed by atoms with Gasteiger partial charge in [0.1, 0.15) is 106 Å². The smallest absolute Gasteiger partial charge is 0.408 e. The van der Waals surface area contributed by atoms with Crippen LogP contribution < -0.4 is 32.3 Å². The van der Waals surface area contributed by atoms with Crippen LogP contribution in [0.1, 0.15) is 109 Å². The van der Waals surface area contributed by atoms with Crippen molar-refractivity contribution in [3.05, 3.63) is 192 Å². The number of nitrogens with two attached hydrogens (primary N) is 1. The Labute approximate surface area is 692 Å². The fourth-order valence-electron chi connectivity index (χ4n) is 15.2. The van der Waals surface area contributed by atoms with E-state index in [2.05, 4.69) is 26.6 Å². The Morgan fingerprint density at radius 1 is 0.361 bits per heavy atom. The molecule has 8 aliphatic rings. The predicted octanol–water partition coefficient (Wildman–Crippen LogP) is 6.02. The Bertz CT molecular complexity index is 3920. The fraction of sp³-hybridized carbons (Fsp3) is 0.570. The lowest BCUT2D eigenvalue weighted by atomic mass is 9.80. The third-order valence-corrected chi connectivity index (χ3v) is 21.8. The molecule has 4 aromatic rings. The van der Waals surface area contributed by atoms with Crippen molar-refractivity contribution in [1.29, 1.82) is 0 Å². The lowest BCUT2D eigenvalue weighted by Gasteiger charge is -2.46. The van der Waals surface area contributed by atoms with Gasteiger partial charge in [-0.25, -0.2) is 19.2 Å². The number of amides is 5. The lowest BCUT2D eigenvalue weighted by Crippen LogP contribution is -2.62. The summed E-state index contributed by atoms with van der Waals surface area (Å²) < 4.78 is 97.1. The molecule has 5 amide bonds. The molecule has 4 aromatic carbocycles. The zero-order valence-electron chi connectivity index (χ0n) is 67.8. The lowest BCUT2D eigenvalue weighted by molar-refractivity contribution is -0.287. The van der Waals surface area contributed by atoms with Crippen LogP contribution in [0.25, 0.3) is 0 Å². The largest absolute Gasteiger partial charge is 0.445 e. The normalized spacial score (nSPS) is 35.3. The Morgan fingerprint density at radius 2 is 0.639 bits per heavy atom. The first-order chi connectivity index (χ1) is 57.5. The van der Waals surface area contributed by atoms with Crippen molar-refractivity contribution < 1.29 is 130 Å². The minimum atomic E-state index is -1.55. The summed E-state index contributed by atoms with van der Waals surface area (Å²) in [6, 6.07) is 32.2. The van der Waals surface area contributed by atoms with Crippen LogP contribution >= 0.6 is 0 Å². The highest BCUT2D eigenvalue weighted by Gasteiger charge is 2.56. The van der Waals surface area contributed by atoms with Gasteiger partial charge in [0.2, 0.25) is 5.91 Å². The summed E-state index contributed by atoms with van der Waals surface area (Å²) >= 11 is 0. The van der Waals surface area contributed by atoms with E-state index in [0.29, 0.717) is 32.1 Å². The van der Waals surface area contributed by atoms with Gasteiger partial charge < -0.3 is 139 Å². The Morgan fingerprint density at radius 3 is 0.924 bits per heavy atom. The van der Waals surface area contributed by atoms with Crippen molar-refractivity contribution >= 4 is 30.3 Å². The SMILES string of the molecule is CC[C@H]1C=C[C@@H](NC(=O)OCc2ccccc2)[C@@H](O[C@H]2[C@@H](O)[C@H](O[C@@H]3[C@@H](O)[C@H](N)C[C@H](C)[C@H]3O[C@H]3O[C@H](CC)C=C[C@H]3NC(=O)OCc3ccccc3)O[C@@H]2CO)O1.CC[C@H]1C=C[C@@H](NC(=O)OCc2ccccc2)[C@@H](O[C@H]2[C@@H](O)[C@H](O[C@@H]3[C@@H](O)[C@H](NC(C)=O)C[C@H](C)[C@H]3O[C@H]3O[C@H](CC)C=C[C@H]3NC(=O)OCc3ccccc3)O[C@@H]2CO)O1. The number of carbonyl (C=O) groups is 5. The highest BCUT2D eigenvalue weighted by molar-refractivity contribution is 5.73. The molecule has 0 aromatic heterocycles. The van der Waals surface area contributed by atoms with E-state index in [1.807, 2.05) is 175 Å². The van der Waals surface area contributed by atoms with Crippen molar-refractivity contribution in [1.82, 2.24) is 26.6 Å². The summed E-state index contributed by atoms with van der Waals surface area (Å²) in [5.74, 6) is -1.04. The van der Waals surface area contributed by atoms with Crippen LogP contribution in [-0.2, 0) is 107 Å². The van der Waals surface area contributed by atoms with Crippen LogP contribution in [0.4, 0.5) is 19.2 Å². The number of aliphatic hydroxyl groups is 6. The molecule has 2 aliphatic carbocycles. The van der Waals surface area contributed by atoms with Crippen molar-refractivity contribution in [2.75, 3.05) is 13.2 Å². The molecule has 2 saturated carbocycles. The summed E-state index contributed by atoms with van der Waals surface area (Å²) in [6.45, 7) is 11.9. The first-order valence-corrected chi connectivity index (χ1v) is 41.0. The highest BCUT2D eigenvalue weighted by atomic mass is 16.8. The van der Waals surface area contributed by atoms with Gasteiger partial charge in [0.15, 0.2) is 37.7 Å². The van der Waals surface area contributed by atoms with Crippen LogP contribution in [0.3, 0.4) is 0 Å². The number of hydrogen-bond donors (Lipinski definition) is 12. The number of ether oxygens (including phenoxy) is 16. The minimum Gasteiger partial charge on any atom is -0.445 e. The monoisotopic (exact) mass is 1660 g/mol. The van der Waals surface area contributed by atoms with E-state index < -0.39 is 185 Å². The third-order valence-electron chi connectivity index (χ3n) is 21.8. The van der Waals surface area contributed by atoms with E-state index in [1.54, 1.807) is 36.5 Å². The summed E-state index contributed by atoms with van der Waals surface area (Å²) in [5.41, 5.74) is 9.62. The van der Waals surface area contributed by atoms with Crippen LogP contribution in [0.2, 0.25) is 0 Å². The highest BCUT2D eigenvalue weighted by Crippen LogP contribution is 2.40. The van der Waals surface area contributed by atoms with Crippen molar-refractivity contribution in [3.8, 4) is 0 Å². The second kappa shape index (κ2) is 45.0. The van der Waals surface area contributed by atoms with E-state index in [-0.39, 0.29) is 75.0 Å². The standard InChI is InChI=1S/C44H59N3O14.C42H57N3O13/c1-5-29-17-19-31(46-43(52)54-23-27-13-9-7-10-14-27)40(56-29)59-37-25(3)21-33(45-26(4)49)35(50)39(37)61-42-36(51)38(34(22-48)58-42)60-41-32(20-18-30(6-2)57-41)47-44(53)55-24-28-15-11-8-12-16-28;1-4-27-16-18-30(44-41(49)51-22-25-12-8-6-9-13-25)38(53-27)56-35-24(3)20-29(43)33(47)37(35)58-40-34(48)36(32(21-46)55-40)57-39-31(19-17-28(5-2)54-39)45-42(50)52-23-26-14-10-7-11-15-26/h7-20,25,29-42,48,50-51H,5-6,21-24H2,1-4H3,(H,45,49)(H,46,52)(H,47,53);6-19,24,27-40,46-48H,4-5,20-23,43H2,1-3H3,(H,44,49)(H,45,50)/t25-,29+,30-,31+,32+,33+,34+,35-,36+,37+,38+,39+,40+,41+,42-;24-,27+,28-,29+,30+,31+,32+,33-,34+,35+,36+,37+,38+,39+,40-/m00/s1. The van der Waals surface area contributed by atoms with Gasteiger partial charge in [0.05, 0.1) is 62.0 Å². The maximum atomic E-state index is 13.0. The second-order valence-corrected chi connectivity index (χ2v) is 30.7. The molecule has 0 radical (unpaired) electrons. The summed E-state index contributed by atoms with van der Waals surface area (Å²) in [4.78, 5) is 63.9. The summed E-state index contributed by atoms with van der Waals surface area (Å²) in [7, 11) is 0. The topological polar surface area (TPSA) is 441 Å². The van der Waals surface area contributed by atoms with Gasteiger partial charge in [-0.05, 0) is 72.6 Å². The molecule has 4 fully saturated rings. The number of nitrogens with one attached hydrogen (secondary N) is 5. The Kier molecular flexibility index (Phi) is 34.5. The Hall–Kier alpha value is -8.37. The molecule has 0 spiro atoms. The maximum Gasteiger partial charge on any atom is 0.408 e. The molecule has 6 aliphatic heterocycles. The van der Waals surface area contributed by atoms with Crippen LogP contribution in [0.15, 0.2) is 170 Å². The summed E-state index contributed by atoms with van der Waals surface area (Å²) in [5, 5.41) is 81.4. The van der Waals surface area contributed by atoms with Crippen LogP contribution in [-0.4, -0.2) is 246 Å². The molecule has 30 atom stereocenters. The van der Waals surface area contributed by atoms with Gasteiger partial charge in [-0.1, -0.05) is 211 Å². The minimum absolute atomic E-state index is 0.0359. The molecule has 13 N–H and O–H groups in total. The van der Waals surface area contributed by atoms with E-state index >= 15 is 0 Å². The number of aliphatic hydroxyl groups excluding tert-OH is 6. The van der Waals surface area contributed by atoms with E-state index in [9.17, 15) is 54.6 Å². The zero-order chi connectivity index (χ0) is 84.7. The molecule has 652 valence electrons. The van der Waals surface area contributed by atoms with Crippen molar-refractivity contribution in [3.63, 3.8) is 0 Å². The summed E-state index contributed by atoms with van der Waals surface area (Å²) in [6.07, 6.45) is -8.58. The number of benzene rings is 4. The van der Waals surface area contributed by atoms with Gasteiger partial charge in [0, 0.05) is 13.0 Å². The average Bonchev–Trinajstić information content (AvgIpc) is 1.04. The first kappa shape index (κ1) is 91.4. The molecule has 0 unspecified atom stereocenters. The molecule has 119 heavy (non-hydrogen) atoms. The van der Waals surface area contributed by atoms with Crippen LogP contribution in [0.5, 0.6) is 0 Å². The number of rotatable bonds is 31. The van der Waals surface area contributed by atoms with Gasteiger partial charge in [-0.15, -0.1) is 0 Å². The predicted molar refractivity (Wildman–Crippen MR) is 424 cm³/mol. The van der Waals surface area contributed by atoms with E-state index in [0.717, 1.165) is 22.3 Å². The number of hydrogen-bond acceptors (Lipinski definition) is 28. The molecule has 0 bridgehead atoms. The molecule has 33 nitrogen and oxygen atoms in total. The molecule has 33 heteroatoms. The van der Waals surface area contributed by atoms with Crippen LogP contribution in [0, 0.1) is 11.8 Å². The first-order valence-electron chi connectivity index (χ1n) is 41.0. The quantitative estimate of drug-likeness (QED) is 0.0202. The molecule has 12 rings (SSSR count). The Balaban J connectivity index is 0.000000233. The van der Waals surface area contributed by atoms with Gasteiger partial charge >= 0.3 is 24.4 Å². The van der Waals surface area contributed by atoms with Crippen molar-refractivity contribution in [2.24, 2.45) is 17.6 Å². The molecular formula is C86H116N6O27. The zero-order valence-corrected chi connectivity index (χ0v) is 67.8. The van der Waals surface area contributed by atoms with Gasteiger partial charge in [-0.3, -0.25) is 4.79 Å². The second-order valence-electron chi connectivity index (χ2n) is 30.7. The third kappa shape index (κ3) is 25.4. The number of alkyl carbamates (subject to hydrolysis) is 4. The van der Waals surface area contributed by atoms with Gasteiger partial charge in [-0.2, -0.15) is 0 Å². The van der Waals surface area contributed by atoms with E-state index in [1.165, 1.54) is 6.92 Å². The van der Waals surface area contributed by atoms with E-state index in [4.69, 9.17) is 81.5 Å².